The van der Waals surface area contributed by atoms with Gasteiger partial charge in [-0.2, -0.15) is 0 Å². The van der Waals surface area contributed by atoms with Gasteiger partial charge < -0.3 is 14.9 Å². The Hall–Kier alpha value is -3.35. The van der Waals surface area contributed by atoms with E-state index in [0.29, 0.717) is 37.2 Å². The first-order chi connectivity index (χ1) is 13.1. The Morgan fingerprint density at radius 2 is 1.70 bits per heavy atom. The Morgan fingerprint density at radius 3 is 2.48 bits per heavy atom. The smallest absolute Gasteiger partial charge is 0.269 e. The van der Waals surface area contributed by atoms with Gasteiger partial charge >= 0.3 is 0 Å². The van der Waals surface area contributed by atoms with Gasteiger partial charge in [-0.3, -0.25) is 14.2 Å². The number of piperazine rings is 1. The fourth-order valence-electron chi connectivity index (χ4n) is 3.44. The minimum absolute atomic E-state index is 0.00153. The molecule has 0 bridgehead atoms. The second-order valence-electron chi connectivity index (χ2n) is 6.53. The van der Waals surface area contributed by atoms with Gasteiger partial charge in [0.1, 0.15) is 12.3 Å². The monoisotopic (exact) mass is 364 g/mol. The van der Waals surface area contributed by atoms with Crippen LogP contribution in [0.1, 0.15) is 0 Å². The van der Waals surface area contributed by atoms with Gasteiger partial charge in [0, 0.05) is 26.2 Å². The maximum atomic E-state index is 12.8. The number of hydrogen-bond acceptors (Lipinski definition) is 5. The fraction of sp³-hybridized carbons (Fsp3) is 0.250. The first kappa shape index (κ1) is 17.1. The van der Waals surface area contributed by atoms with Crippen LogP contribution < -0.4 is 10.5 Å². The molecule has 1 fully saturated rings. The summed E-state index contributed by atoms with van der Waals surface area (Å²) in [5.41, 5.74) is 1.84. The van der Waals surface area contributed by atoms with Crippen molar-refractivity contribution in [1.29, 1.82) is 0 Å². The normalized spacial score (nSPS) is 14.5. The van der Waals surface area contributed by atoms with E-state index in [9.17, 15) is 14.7 Å². The van der Waals surface area contributed by atoms with Crippen LogP contribution in [0.25, 0.3) is 11.0 Å². The maximum Gasteiger partial charge on any atom is 0.269 e. The number of aromatic hydroxyl groups is 1. The lowest BCUT2D eigenvalue weighted by Crippen LogP contribution is -2.50. The average Bonchev–Trinajstić information content (AvgIpc) is 2.70. The Balaban J connectivity index is 1.47. The van der Waals surface area contributed by atoms with Gasteiger partial charge in [-0.1, -0.05) is 24.3 Å². The third-order valence-electron chi connectivity index (χ3n) is 4.90. The molecular weight excluding hydrogens is 344 g/mol. The highest BCUT2D eigenvalue weighted by Crippen LogP contribution is 2.27. The standard InChI is InChI=1S/C20H20N4O3/c25-18-8-4-3-7-17(18)22-9-11-23(12-10-22)20(27)14-24-16-6-2-1-5-15(16)21-13-19(24)26/h1-8,13,25H,9-12,14H2. The molecule has 1 aliphatic rings. The number of carbonyl (C=O) groups is 1. The van der Waals surface area contributed by atoms with Gasteiger partial charge in [0.05, 0.1) is 22.9 Å². The van der Waals surface area contributed by atoms with Gasteiger partial charge in [0.15, 0.2) is 0 Å². The maximum absolute atomic E-state index is 12.8. The van der Waals surface area contributed by atoms with Crippen LogP contribution in [0.4, 0.5) is 5.69 Å². The minimum Gasteiger partial charge on any atom is -0.506 e. The largest absolute Gasteiger partial charge is 0.506 e. The number of phenols is 1. The Morgan fingerprint density at radius 1 is 1.00 bits per heavy atom. The van der Waals surface area contributed by atoms with E-state index in [1.807, 2.05) is 30.3 Å². The van der Waals surface area contributed by atoms with E-state index in [1.165, 1.54) is 10.8 Å². The number of phenolic OH excluding ortho intramolecular Hbond substituents is 1. The topological polar surface area (TPSA) is 78.7 Å². The molecule has 0 atom stereocenters. The molecule has 7 heteroatoms. The molecule has 0 unspecified atom stereocenters. The highest BCUT2D eigenvalue weighted by atomic mass is 16.3. The van der Waals surface area contributed by atoms with Crippen molar-refractivity contribution in [3.63, 3.8) is 0 Å². The second kappa shape index (κ2) is 7.11. The molecular formula is C20H20N4O3. The van der Waals surface area contributed by atoms with Crippen molar-refractivity contribution >= 4 is 22.6 Å². The summed E-state index contributed by atoms with van der Waals surface area (Å²) in [5, 5.41) is 10.00. The van der Waals surface area contributed by atoms with E-state index in [0.717, 1.165) is 5.69 Å². The van der Waals surface area contributed by atoms with Crippen LogP contribution in [-0.4, -0.2) is 51.6 Å². The van der Waals surface area contributed by atoms with Gasteiger partial charge in [-0.25, -0.2) is 4.98 Å². The molecule has 1 aliphatic heterocycles. The lowest BCUT2D eigenvalue weighted by Gasteiger charge is -2.36. The Bertz CT molecular complexity index is 1040. The highest BCUT2D eigenvalue weighted by Gasteiger charge is 2.23. The van der Waals surface area contributed by atoms with Crippen LogP contribution in [0.3, 0.4) is 0 Å². The molecule has 3 aromatic rings. The van der Waals surface area contributed by atoms with Crippen molar-refractivity contribution in [1.82, 2.24) is 14.5 Å². The number of hydrogen-bond donors (Lipinski definition) is 1. The van der Waals surface area contributed by atoms with E-state index < -0.39 is 0 Å². The van der Waals surface area contributed by atoms with E-state index >= 15 is 0 Å². The number of amides is 1. The van der Waals surface area contributed by atoms with Crippen LogP contribution in [-0.2, 0) is 11.3 Å². The number of carbonyl (C=O) groups excluding carboxylic acids is 1. The summed E-state index contributed by atoms with van der Waals surface area (Å²) in [4.78, 5) is 32.9. The number of fused-ring (bicyclic) bond motifs is 1. The van der Waals surface area contributed by atoms with E-state index in [2.05, 4.69) is 9.88 Å². The zero-order valence-electron chi connectivity index (χ0n) is 14.8. The second-order valence-corrected chi connectivity index (χ2v) is 6.53. The summed E-state index contributed by atoms with van der Waals surface area (Å²) in [7, 11) is 0. The average molecular weight is 364 g/mol. The minimum atomic E-state index is -0.283. The zero-order chi connectivity index (χ0) is 18.8. The molecule has 7 nitrogen and oxygen atoms in total. The lowest BCUT2D eigenvalue weighted by atomic mass is 10.2. The summed E-state index contributed by atoms with van der Waals surface area (Å²) in [6.45, 7) is 2.36. The fourth-order valence-corrected chi connectivity index (χ4v) is 3.44. The zero-order valence-corrected chi connectivity index (χ0v) is 14.8. The summed E-state index contributed by atoms with van der Waals surface area (Å²) < 4.78 is 1.47. The summed E-state index contributed by atoms with van der Waals surface area (Å²) in [6, 6.07) is 14.5. The van der Waals surface area contributed by atoms with Gasteiger partial charge in [-0.05, 0) is 24.3 Å². The van der Waals surface area contributed by atoms with Crippen molar-refractivity contribution in [3.05, 3.63) is 65.1 Å². The molecule has 1 saturated heterocycles. The number of rotatable bonds is 3. The third kappa shape index (κ3) is 3.36. The van der Waals surface area contributed by atoms with Gasteiger partial charge in [-0.15, -0.1) is 0 Å². The predicted molar refractivity (Wildman–Crippen MR) is 103 cm³/mol. The van der Waals surface area contributed by atoms with Gasteiger partial charge in [0.25, 0.3) is 5.56 Å². The number of para-hydroxylation sites is 4. The predicted octanol–water partition coefficient (Wildman–Crippen LogP) is 1.45. The van der Waals surface area contributed by atoms with E-state index in [1.54, 1.807) is 23.1 Å². The highest BCUT2D eigenvalue weighted by molar-refractivity contribution is 5.80. The molecule has 27 heavy (non-hydrogen) atoms. The first-order valence-corrected chi connectivity index (χ1v) is 8.89. The molecule has 1 N–H and O–H groups in total. The van der Waals surface area contributed by atoms with Crippen LogP contribution in [0, 0.1) is 0 Å². The third-order valence-corrected chi connectivity index (χ3v) is 4.90. The van der Waals surface area contributed by atoms with Crippen molar-refractivity contribution in [2.45, 2.75) is 6.54 Å². The van der Waals surface area contributed by atoms with Crippen molar-refractivity contribution in [2.75, 3.05) is 31.1 Å². The Labute approximate surface area is 156 Å². The van der Waals surface area contributed by atoms with Crippen LogP contribution in [0.5, 0.6) is 5.75 Å². The summed E-state index contributed by atoms with van der Waals surface area (Å²) in [6.07, 6.45) is 1.26. The van der Waals surface area contributed by atoms with Crippen molar-refractivity contribution in [2.24, 2.45) is 0 Å². The number of aromatic nitrogens is 2. The molecule has 138 valence electrons. The molecule has 0 spiro atoms. The molecule has 0 aliphatic carbocycles. The molecule has 1 aromatic heterocycles. The summed E-state index contributed by atoms with van der Waals surface area (Å²) >= 11 is 0. The number of anilines is 1. The first-order valence-electron chi connectivity index (χ1n) is 8.89. The number of nitrogens with zero attached hydrogens (tertiary/aromatic N) is 4. The lowest BCUT2D eigenvalue weighted by molar-refractivity contribution is -0.132. The molecule has 0 saturated carbocycles. The van der Waals surface area contributed by atoms with Crippen LogP contribution >= 0.6 is 0 Å². The molecule has 0 radical (unpaired) electrons. The van der Waals surface area contributed by atoms with Crippen LogP contribution in [0.15, 0.2) is 59.5 Å². The summed E-state index contributed by atoms with van der Waals surface area (Å²) in [5.74, 6) is 0.150. The molecule has 4 rings (SSSR count). The quantitative estimate of drug-likeness (QED) is 0.761. The van der Waals surface area contributed by atoms with E-state index in [4.69, 9.17) is 0 Å². The van der Waals surface area contributed by atoms with Gasteiger partial charge in [0.2, 0.25) is 5.91 Å². The number of benzene rings is 2. The molecule has 2 aromatic carbocycles. The van der Waals surface area contributed by atoms with Crippen molar-refractivity contribution < 1.29 is 9.90 Å². The molecule has 2 heterocycles. The SMILES string of the molecule is O=C(Cn1c(=O)cnc2ccccc21)N1CCN(c2ccccc2O)CC1. The van der Waals surface area contributed by atoms with E-state index in [-0.39, 0.29) is 23.8 Å². The Kier molecular flexibility index (Phi) is 4.50. The van der Waals surface area contributed by atoms with Crippen molar-refractivity contribution in [3.8, 4) is 5.75 Å². The molecule has 1 amide bonds. The van der Waals surface area contributed by atoms with Crippen LogP contribution in [0.2, 0.25) is 0 Å².